The molecule has 0 atom stereocenters. The van der Waals surface area contributed by atoms with Gasteiger partial charge in [0.2, 0.25) is 0 Å². The average Bonchev–Trinajstić information content (AvgIpc) is 2.72. The Labute approximate surface area is 106 Å². The van der Waals surface area contributed by atoms with Crippen molar-refractivity contribution in [3.63, 3.8) is 0 Å². The molecule has 1 aliphatic heterocycles. The van der Waals surface area contributed by atoms with E-state index in [0.717, 1.165) is 38.5 Å². The molecule has 0 amide bonds. The standard InChI is InChI=1S/C12H19N3O3/c1-3-18-12(16)11-8-10(13-14(11)2)9-15-4-6-17-7-5-15/h8H,3-7,9H2,1-2H3. The van der Waals surface area contributed by atoms with Gasteiger partial charge in [-0.1, -0.05) is 0 Å². The van der Waals surface area contributed by atoms with Crippen molar-refractivity contribution in [2.24, 2.45) is 7.05 Å². The minimum Gasteiger partial charge on any atom is -0.461 e. The van der Waals surface area contributed by atoms with E-state index in [9.17, 15) is 4.79 Å². The number of rotatable bonds is 4. The Morgan fingerprint density at radius 1 is 1.50 bits per heavy atom. The van der Waals surface area contributed by atoms with Crippen LogP contribution in [0.3, 0.4) is 0 Å². The molecule has 18 heavy (non-hydrogen) atoms. The van der Waals surface area contributed by atoms with E-state index in [1.807, 2.05) is 0 Å². The number of ether oxygens (including phenoxy) is 2. The normalized spacial score (nSPS) is 16.8. The second-order valence-corrected chi connectivity index (χ2v) is 4.25. The molecule has 1 aromatic heterocycles. The van der Waals surface area contributed by atoms with Crippen LogP contribution in [0.2, 0.25) is 0 Å². The molecule has 0 bridgehead atoms. The SMILES string of the molecule is CCOC(=O)c1cc(CN2CCOCC2)nn1C. The number of hydrogen-bond donors (Lipinski definition) is 0. The van der Waals surface area contributed by atoms with E-state index in [4.69, 9.17) is 9.47 Å². The first kappa shape index (κ1) is 13.0. The maximum atomic E-state index is 11.7. The number of nitrogens with zero attached hydrogens (tertiary/aromatic N) is 3. The predicted octanol–water partition coefficient (Wildman–Crippen LogP) is 0.429. The Kier molecular flexibility index (Phi) is 4.33. The number of hydrogen-bond acceptors (Lipinski definition) is 5. The Bertz CT molecular complexity index is 411. The quantitative estimate of drug-likeness (QED) is 0.728. The minimum absolute atomic E-state index is 0.319. The van der Waals surface area contributed by atoms with E-state index >= 15 is 0 Å². The first-order valence-electron chi connectivity index (χ1n) is 6.21. The topological polar surface area (TPSA) is 56.6 Å². The van der Waals surface area contributed by atoms with Gasteiger partial charge in [-0.05, 0) is 13.0 Å². The molecule has 6 heteroatoms. The van der Waals surface area contributed by atoms with Crippen LogP contribution in [0.1, 0.15) is 23.1 Å². The third-order valence-electron chi connectivity index (χ3n) is 2.90. The van der Waals surface area contributed by atoms with Gasteiger partial charge in [-0.2, -0.15) is 5.10 Å². The first-order valence-corrected chi connectivity index (χ1v) is 6.21. The van der Waals surface area contributed by atoms with Crippen LogP contribution in [0.4, 0.5) is 0 Å². The zero-order chi connectivity index (χ0) is 13.0. The predicted molar refractivity (Wildman–Crippen MR) is 65.3 cm³/mol. The summed E-state index contributed by atoms with van der Waals surface area (Å²) in [5.41, 5.74) is 1.39. The highest BCUT2D eigenvalue weighted by molar-refractivity contribution is 5.87. The molecule has 2 heterocycles. The number of morpholine rings is 1. The number of aromatic nitrogens is 2. The summed E-state index contributed by atoms with van der Waals surface area (Å²) in [5, 5.41) is 4.34. The minimum atomic E-state index is -0.319. The fourth-order valence-electron chi connectivity index (χ4n) is 1.99. The fraction of sp³-hybridized carbons (Fsp3) is 0.667. The lowest BCUT2D eigenvalue weighted by molar-refractivity contribution is 0.0336. The van der Waals surface area contributed by atoms with Gasteiger partial charge in [-0.15, -0.1) is 0 Å². The van der Waals surface area contributed by atoms with Crippen LogP contribution < -0.4 is 0 Å². The number of esters is 1. The van der Waals surface area contributed by atoms with Crippen LogP contribution >= 0.6 is 0 Å². The molecular formula is C12H19N3O3. The Balaban J connectivity index is 2.01. The molecule has 1 fully saturated rings. The highest BCUT2D eigenvalue weighted by Gasteiger charge is 2.17. The molecule has 2 rings (SSSR count). The first-order chi connectivity index (χ1) is 8.70. The highest BCUT2D eigenvalue weighted by Crippen LogP contribution is 2.09. The Hall–Kier alpha value is -1.40. The monoisotopic (exact) mass is 253 g/mol. The van der Waals surface area contributed by atoms with Gasteiger partial charge in [-0.3, -0.25) is 9.58 Å². The molecule has 1 aromatic rings. The van der Waals surface area contributed by atoms with Gasteiger partial charge in [0, 0.05) is 26.7 Å². The van der Waals surface area contributed by atoms with Crippen molar-refractivity contribution in [1.29, 1.82) is 0 Å². The summed E-state index contributed by atoms with van der Waals surface area (Å²) in [4.78, 5) is 13.9. The maximum Gasteiger partial charge on any atom is 0.356 e. The highest BCUT2D eigenvalue weighted by atomic mass is 16.5. The number of carbonyl (C=O) groups is 1. The van der Waals surface area contributed by atoms with E-state index in [2.05, 4.69) is 10.00 Å². The van der Waals surface area contributed by atoms with Gasteiger partial charge in [0.05, 0.1) is 25.5 Å². The smallest absolute Gasteiger partial charge is 0.356 e. The van der Waals surface area contributed by atoms with Crippen molar-refractivity contribution in [2.75, 3.05) is 32.9 Å². The summed E-state index contributed by atoms with van der Waals surface area (Å²) >= 11 is 0. The summed E-state index contributed by atoms with van der Waals surface area (Å²) in [6.07, 6.45) is 0. The molecular weight excluding hydrogens is 234 g/mol. The molecule has 0 aliphatic carbocycles. The average molecular weight is 253 g/mol. The second-order valence-electron chi connectivity index (χ2n) is 4.25. The molecule has 1 aliphatic rings. The van der Waals surface area contributed by atoms with Crippen LogP contribution in [-0.2, 0) is 23.1 Å². The Morgan fingerprint density at radius 3 is 2.89 bits per heavy atom. The number of carbonyl (C=O) groups excluding carboxylic acids is 1. The van der Waals surface area contributed by atoms with Crippen molar-refractivity contribution in [1.82, 2.24) is 14.7 Å². The van der Waals surface area contributed by atoms with Crippen LogP contribution in [0, 0.1) is 0 Å². The van der Waals surface area contributed by atoms with Crippen LogP contribution in [0.25, 0.3) is 0 Å². The molecule has 100 valence electrons. The fourth-order valence-corrected chi connectivity index (χ4v) is 1.99. The van der Waals surface area contributed by atoms with Gasteiger partial charge in [0.1, 0.15) is 5.69 Å². The second kappa shape index (κ2) is 5.97. The van der Waals surface area contributed by atoms with Crippen LogP contribution in [0.15, 0.2) is 6.07 Å². The molecule has 1 saturated heterocycles. The van der Waals surface area contributed by atoms with E-state index in [1.165, 1.54) is 0 Å². The van der Waals surface area contributed by atoms with E-state index in [0.29, 0.717) is 12.3 Å². The third kappa shape index (κ3) is 3.08. The summed E-state index contributed by atoms with van der Waals surface area (Å²) in [6, 6.07) is 1.80. The van der Waals surface area contributed by atoms with E-state index < -0.39 is 0 Å². The summed E-state index contributed by atoms with van der Waals surface area (Å²) < 4.78 is 11.9. The summed E-state index contributed by atoms with van der Waals surface area (Å²) in [6.45, 7) is 6.26. The summed E-state index contributed by atoms with van der Waals surface area (Å²) in [7, 11) is 1.76. The Morgan fingerprint density at radius 2 is 2.22 bits per heavy atom. The van der Waals surface area contributed by atoms with Gasteiger partial charge in [0.25, 0.3) is 0 Å². The lowest BCUT2D eigenvalue weighted by Crippen LogP contribution is -2.35. The molecule has 0 radical (unpaired) electrons. The molecule has 0 N–H and O–H groups in total. The van der Waals surface area contributed by atoms with Gasteiger partial charge in [-0.25, -0.2) is 4.79 Å². The van der Waals surface area contributed by atoms with Crippen molar-refractivity contribution in [2.45, 2.75) is 13.5 Å². The largest absolute Gasteiger partial charge is 0.461 e. The lowest BCUT2D eigenvalue weighted by atomic mass is 10.3. The maximum absolute atomic E-state index is 11.7. The summed E-state index contributed by atoms with van der Waals surface area (Å²) in [5.74, 6) is -0.319. The molecule has 0 spiro atoms. The zero-order valence-corrected chi connectivity index (χ0v) is 10.9. The van der Waals surface area contributed by atoms with Crippen molar-refractivity contribution in [3.05, 3.63) is 17.5 Å². The van der Waals surface area contributed by atoms with Crippen LogP contribution in [0.5, 0.6) is 0 Å². The number of aryl methyl sites for hydroxylation is 1. The molecule has 6 nitrogen and oxygen atoms in total. The van der Waals surface area contributed by atoms with Crippen LogP contribution in [-0.4, -0.2) is 53.6 Å². The van der Waals surface area contributed by atoms with Crippen molar-refractivity contribution in [3.8, 4) is 0 Å². The van der Waals surface area contributed by atoms with Crippen molar-refractivity contribution < 1.29 is 14.3 Å². The molecule has 0 unspecified atom stereocenters. The lowest BCUT2D eigenvalue weighted by Gasteiger charge is -2.25. The van der Waals surface area contributed by atoms with Gasteiger partial charge < -0.3 is 9.47 Å². The van der Waals surface area contributed by atoms with E-state index in [1.54, 1.807) is 24.7 Å². The van der Waals surface area contributed by atoms with Gasteiger partial charge >= 0.3 is 5.97 Å². The third-order valence-corrected chi connectivity index (χ3v) is 2.90. The zero-order valence-electron chi connectivity index (χ0n) is 10.9. The molecule has 0 saturated carbocycles. The van der Waals surface area contributed by atoms with Gasteiger partial charge in [0.15, 0.2) is 0 Å². The van der Waals surface area contributed by atoms with E-state index in [-0.39, 0.29) is 5.97 Å². The molecule has 0 aromatic carbocycles. The van der Waals surface area contributed by atoms with Crippen molar-refractivity contribution >= 4 is 5.97 Å².